The number of amides is 1. The molecule has 0 unspecified atom stereocenters. The van der Waals surface area contributed by atoms with E-state index in [4.69, 9.17) is 4.74 Å². The van der Waals surface area contributed by atoms with Gasteiger partial charge in [-0.1, -0.05) is 6.92 Å². The van der Waals surface area contributed by atoms with Gasteiger partial charge < -0.3 is 25.0 Å². The molecule has 0 radical (unpaired) electrons. The van der Waals surface area contributed by atoms with E-state index < -0.39 is 18.0 Å². The molecule has 0 aliphatic carbocycles. The number of pyridine rings is 1. The summed E-state index contributed by atoms with van der Waals surface area (Å²) in [5, 5.41) is 12.6. The van der Waals surface area contributed by atoms with E-state index in [0.29, 0.717) is 50.5 Å². The monoisotopic (exact) mass is 402 g/mol. The summed E-state index contributed by atoms with van der Waals surface area (Å²) in [5.74, 6) is 0.484. The molecule has 1 aromatic heterocycles. The van der Waals surface area contributed by atoms with Gasteiger partial charge in [0.15, 0.2) is 6.29 Å². The van der Waals surface area contributed by atoms with Crippen LogP contribution < -0.4 is 10.2 Å². The summed E-state index contributed by atoms with van der Waals surface area (Å²) in [6, 6.07) is 1.08. The largest absolute Gasteiger partial charge is 0.417 e. The Bertz CT molecular complexity index is 701. The number of ether oxygens (including phenoxy) is 1. The van der Waals surface area contributed by atoms with Gasteiger partial charge in [-0.3, -0.25) is 4.79 Å². The number of carbonyl (C=O) groups excluding carboxylic acids is 1. The van der Waals surface area contributed by atoms with Crippen LogP contribution in [0.15, 0.2) is 12.3 Å². The number of anilines is 1. The van der Waals surface area contributed by atoms with Crippen LogP contribution in [0.5, 0.6) is 0 Å². The molecule has 1 saturated heterocycles. The third kappa shape index (κ3) is 4.73. The van der Waals surface area contributed by atoms with Gasteiger partial charge in [0.1, 0.15) is 5.82 Å². The topological polar surface area (TPSA) is 77.9 Å². The van der Waals surface area contributed by atoms with E-state index in [1.165, 1.54) is 0 Å². The predicted octanol–water partition coefficient (Wildman–Crippen LogP) is 1.36. The Morgan fingerprint density at radius 3 is 2.96 bits per heavy atom. The zero-order valence-corrected chi connectivity index (χ0v) is 15.7. The number of fused-ring (bicyclic) bond motifs is 3. The quantitative estimate of drug-likeness (QED) is 0.725. The normalized spacial score (nSPS) is 21.0. The van der Waals surface area contributed by atoms with E-state index in [-0.39, 0.29) is 25.0 Å². The number of alkyl halides is 3. The lowest BCUT2D eigenvalue weighted by molar-refractivity contribution is -0.139. The lowest BCUT2D eigenvalue weighted by atomic mass is 10.1. The molecule has 2 atom stereocenters. The van der Waals surface area contributed by atoms with Crippen molar-refractivity contribution in [2.45, 2.75) is 44.8 Å². The summed E-state index contributed by atoms with van der Waals surface area (Å²) < 4.78 is 44.0. The van der Waals surface area contributed by atoms with Crippen LogP contribution in [0.25, 0.3) is 0 Å². The maximum atomic E-state index is 13.0. The molecule has 3 heterocycles. The molecule has 10 heteroatoms. The number of piperazine rings is 1. The van der Waals surface area contributed by atoms with Crippen LogP contribution in [0, 0.1) is 0 Å². The molecule has 0 saturated carbocycles. The molecule has 0 bridgehead atoms. The van der Waals surface area contributed by atoms with Crippen molar-refractivity contribution in [2.24, 2.45) is 0 Å². The third-order valence-corrected chi connectivity index (χ3v) is 5.05. The summed E-state index contributed by atoms with van der Waals surface area (Å²) in [4.78, 5) is 20.2. The van der Waals surface area contributed by atoms with Crippen molar-refractivity contribution in [3.63, 3.8) is 0 Å². The first-order valence-electron chi connectivity index (χ1n) is 9.40. The average molecular weight is 402 g/mol. The minimum Gasteiger partial charge on any atom is -0.368 e. The number of nitrogens with zero attached hydrogens (tertiary/aromatic N) is 3. The predicted molar refractivity (Wildman–Crippen MR) is 95.5 cm³/mol. The van der Waals surface area contributed by atoms with E-state index in [1.54, 1.807) is 11.8 Å². The summed E-state index contributed by atoms with van der Waals surface area (Å²) in [6.07, 6.45) is -3.77. The van der Waals surface area contributed by atoms with Crippen LogP contribution in [0.3, 0.4) is 0 Å². The van der Waals surface area contributed by atoms with Crippen LogP contribution >= 0.6 is 0 Å². The molecular weight excluding hydrogens is 377 g/mol. The molecule has 0 aromatic carbocycles. The van der Waals surface area contributed by atoms with Crippen molar-refractivity contribution in [1.82, 2.24) is 15.2 Å². The second kappa shape index (κ2) is 8.62. The highest BCUT2D eigenvalue weighted by Gasteiger charge is 2.36. The Balaban J connectivity index is 1.65. The van der Waals surface area contributed by atoms with Crippen molar-refractivity contribution in [2.75, 3.05) is 37.7 Å². The van der Waals surface area contributed by atoms with Crippen molar-refractivity contribution in [1.29, 1.82) is 0 Å². The Morgan fingerprint density at radius 1 is 1.46 bits per heavy atom. The van der Waals surface area contributed by atoms with Gasteiger partial charge in [-0.15, -0.1) is 0 Å². The van der Waals surface area contributed by atoms with Crippen LogP contribution in [-0.4, -0.2) is 66.0 Å². The Morgan fingerprint density at radius 2 is 2.25 bits per heavy atom. The standard InChI is InChI=1S/C18H25F3N4O3/c1-2-16(27)28-6-3-15(26)24-4-5-25-14(11-24)10-22-8-12-7-13(18(19,20)21)9-23-17(12)25/h7,9,14,16,22,27H,2-6,8,10-11H2,1H3/t14-,16-/m0/s1. The highest BCUT2D eigenvalue weighted by Crippen LogP contribution is 2.33. The molecule has 1 fully saturated rings. The number of aliphatic hydroxyl groups excluding tert-OH is 1. The minimum atomic E-state index is -4.42. The van der Waals surface area contributed by atoms with E-state index in [1.807, 2.05) is 4.90 Å². The molecule has 3 rings (SSSR count). The van der Waals surface area contributed by atoms with Gasteiger partial charge in [0.25, 0.3) is 0 Å². The maximum Gasteiger partial charge on any atom is 0.417 e. The van der Waals surface area contributed by atoms with Gasteiger partial charge in [-0.05, 0) is 12.5 Å². The van der Waals surface area contributed by atoms with Crippen LogP contribution in [-0.2, 0) is 22.3 Å². The average Bonchev–Trinajstić information content (AvgIpc) is 2.85. The molecule has 2 N–H and O–H groups in total. The molecule has 0 spiro atoms. The van der Waals surface area contributed by atoms with Crippen LogP contribution in [0.4, 0.5) is 19.0 Å². The molecule has 1 amide bonds. The van der Waals surface area contributed by atoms with Gasteiger partial charge in [-0.2, -0.15) is 13.2 Å². The molecular formula is C18H25F3N4O3. The first-order valence-corrected chi connectivity index (χ1v) is 9.40. The van der Waals surface area contributed by atoms with E-state index in [9.17, 15) is 23.1 Å². The molecule has 2 aliphatic rings. The third-order valence-electron chi connectivity index (χ3n) is 5.05. The molecule has 156 valence electrons. The fourth-order valence-electron chi connectivity index (χ4n) is 3.51. The maximum absolute atomic E-state index is 13.0. The summed E-state index contributed by atoms with van der Waals surface area (Å²) in [7, 11) is 0. The van der Waals surface area contributed by atoms with Gasteiger partial charge in [0.05, 0.1) is 24.6 Å². The molecule has 2 aliphatic heterocycles. The highest BCUT2D eigenvalue weighted by atomic mass is 19.4. The Kier molecular flexibility index (Phi) is 6.41. The molecule has 28 heavy (non-hydrogen) atoms. The lowest BCUT2D eigenvalue weighted by Crippen LogP contribution is -2.57. The number of hydrogen-bond acceptors (Lipinski definition) is 6. The zero-order chi connectivity index (χ0) is 20.3. The van der Waals surface area contributed by atoms with Crippen molar-refractivity contribution in [3.8, 4) is 0 Å². The highest BCUT2D eigenvalue weighted by molar-refractivity contribution is 5.76. The van der Waals surface area contributed by atoms with E-state index in [0.717, 1.165) is 12.3 Å². The number of nitrogens with one attached hydrogen (secondary N) is 1. The second-order valence-corrected chi connectivity index (χ2v) is 7.01. The Labute approximate surface area is 161 Å². The first-order chi connectivity index (χ1) is 13.3. The Hall–Kier alpha value is -1.91. The second-order valence-electron chi connectivity index (χ2n) is 7.01. The smallest absolute Gasteiger partial charge is 0.368 e. The van der Waals surface area contributed by atoms with Crippen LogP contribution in [0.2, 0.25) is 0 Å². The number of aliphatic hydroxyl groups is 1. The fraction of sp³-hybridized carbons (Fsp3) is 0.667. The summed E-state index contributed by atoms with van der Waals surface area (Å²) in [5.41, 5.74) is -0.242. The lowest BCUT2D eigenvalue weighted by Gasteiger charge is -2.41. The molecule has 1 aromatic rings. The van der Waals surface area contributed by atoms with Crippen molar-refractivity contribution in [3.05, 3.63) is 23.4 Å². The van der Waals surface area contributed by atoms with Crippen molar-refractivity contribution < 1.29 is 27.8 Å². The van der Waals surface area contributed by atoms with Gasteiger partial charge in [0, 0.05) is 44.5 Å². The van der Waals surface area contributed by atoms with E-state index >= 15 is 0 Å². The number of rotatable bonds is 5. The van der Waals surface area contributed by atoms with Gasteiger partial charge >= 0.3 is 6.18 Å². The SMILES string of the molecule is CC[C@@H](O)OCCC(=O)N1CCN2c3ncc(C(F)(F)F)cc3CNC[C@H]2C1. The first kappa shape index (κ1) is 20.8. The minimum absolute atomic E-state index is 0.0622. The summed E-state index contributed by atoms with van der Waals surface area (Å²) in [6.45, 7) is 4.22. The number of aromatic nitrogens is 1. The number of carbonyl (C=O) groups is 1. The van der Waals surface area contributed by atoms with Gasteiger partial charge in [-0.25, -0.2) is 4.98 Å². The number of halogens is 3. The number of hydrogen-bond donors (Lipinski definition) is 2. The summed E-state index contributed by atoms with van der Waals surface area (Å²) >= 11 is 0. The zero-order valence-electron chi connectivity index (χ0n) is 15.7. The van der Waals surface area contributed by atoms with Crippen molar-refractivity contribution >= 4 is 11.7 Å². The van der Waals surface area contributed by atoms with Crippen LogP contribution in [0.1, 0.15) is 30.9 Å². The van der Waals surface area contributed by atoms with E-state index in [2.05, 4.69) is 10.3 Å². The fourth-order valence-corrected chi connectivity index (χ4v) is 3.51. The molecule has 7 nitrogen and oxygen atoms in total. The van der Waals surface area contributed by atoms with Gasteiger partial charge in [0.2, 0.25) is 5.91 Å².